The lowest BCUT2D eigenvalue weighted by molar-refractivity contribution is 0.278. The molecule has 7 heteroatoms. The van der Waals surface area contributed by atoms with Crippen LogP contribution in [0.4, 0.5) is 4.39 Å². The van der Waals surface area contributed by atoms with Gasteiger partial charge in [0.05, 0.1) is 6.61 Å². The fraction of sp³-hybridized carbons (Fsp3) is 0.200. The molecule has 17 heavy (non-hydrogen) atoms. The van der Waals surface area contributed by atoms with Crippen molar-refractivity contribution in [1.29, 1.82) is 0 Å². The van der Waals surface area contributed by atoms with Crippen molar-refractivity contribution in [2.45, 2.75) is 20.2 Å². The van der Waals surface area contributed by atoms with Crippen LogP contribution in [0.2, 0.25) is 0 Å². The first-order chi connectivity index (χ1) is 8.22. The van der Waals surface area contributed by atoms with Gasteiger partial charge in [0, 0.05) is 4.90 Å². The third-order valence-electron chi connectivity index (χ3n) is 1.95. The van der Waals surface area contributed by atoms with Crippen molar-refractivity contribution < 1.29 is 9.50 Å². The van der Waals surface area contributed by atoms with E-state index in [0.717, 1.165) is 13.6 Å². The summed E-state index contributed by atoms with van der Waals surface area (Å²) in [5.41, 5.74) is 0.566. The molecule has 3 nitrogen and oxygen atoms in total. The van der Waals surface area contributed by atoms with Crippen LogP contribution in [0, 0.1) is 5.82 Å². The molecule has 1 N–H and O–H groups in total. The quantitative estimate of drug-likeness (QED) is 0.876. The molecule has 0 atom stereocenters. The van der Waals surface area contributed by atoms with Crippen molar-refractivity contribution in [2.75, 3.05) is 6.26 Å². The molecule has 90 valence electrons. The first kappa shape index (κ1) is 12.8. The van der Waals surface area contributed by atoms with Crippen LogP contribution in [-0.4, -0.2) is 21.6 Å². The van der Waals surface area contributed by atoms with Crippen molar-refractivity contribution >= 4 is 34.9 Å². The highest BCUT2D eigenvalue weighted by molar-refractivity contribution is 8.03. The Labute approximate surface area is 110 Å². The Bertz CT molecular complexity index is 518. The van der Waals surface area contributed by atoms with E-state index in [1.165, 1.54) is 47.0 Å². The van der Waals surface area contributed by atoms with E-state index in [-0.39, 0.29) is 12.4 Å². The Hall–Kier alpha value is -0.630. The molecule has 0 unspecified atom stereocenters. The Balaban J connectivity index is 2.23. The zero-order chi connectivity index (χ0) is 12.3. The fourth-order valence-corrected chi connectivity index (χ4v) is 3.68. The van der Waals surface area contributed by atoms with Gasteiger partial charge >= 0.3 is 0 Å². The highest BCUT2D eigenvalue weighted by Gasteiger charge is 2.09. The van der Waals surface area contributed by atoms with Gasteiger partial charge in [0.2, 0.25) is 0 Å². The summed E-state index contributed by atoms with van der Waals surface area (Å²) in [5, 5.41) is 17.1. The van der Waals surface area contributed by atoms with Crippen LogP contribution in [0.1, 0.15) is 5.56 Å². The number of hydrogen-bond acceptors (Lipinski definition) is 6. The standard InChI is InChI=1S/C10H9FN2OS3/c1-15-9-12-13-10(17-9)16-8-3-2-7(11)4-6(8)5-14/h2-4,14H,5H2,1H3. The molecule has 0 saturated heterocycles. The lowest BCUT2D eigenvalue weighted by atomic mass is 10.2. The summed E-state index contributed by atoms with van der Waals surface area (Å²) < 4.78 is 14.7. The molecule has 0 bridgehead atoms. The van der Waals surface area contributed by atoms with Gasteiger partial charge in [0.25, 0.3) is 0 Å². The molecule has 0 saturated carbocycles. The van der Waals surface area contributed by atoms with Crippen molar-refractivity contribution in [3.05, 3.63) is 29.6 Å². The number of halogens is 1. The summed E-state index contributed by atoms with van der Waals surface area (Å²) in [6, 6.07) is 4.35. The van der Waals surface area contributed by atoms with Crippen LogP contribution >= 0.6 is 34.9 Å². The SMILES string of the molecule is CSc1nnc(Sc2ccc(F)cc2CO)s1. The number of aliphatic hydroxyl groups excluding tert-OH is 1. The van der Waals surface area contributed by atoms with Crippen LogP contribution in [0.3, 0.4) is 0 Å². The van der Waals surface area contributed by atoms with Gasteiger partial charge in [0.1, 0.15) is 5.82 Å². The maximum absolute atomic E-state index is 13.0. The molecule has 0 aliphatic rings. The molecule has 0 aliphatic heterocycles. The number of nitrogens with zero attached hydrogens (tertiary/aromatic N) is 2. The summed E-state index contributed by atoms with van der Waals surface area (Å²) in [6.07, 6.45) is 1.94. The average Bonchev–Trinajstić information content (AvgIpc) is 2.79. The van der Waals surface area contributed by atoms with Crippen LogP contribution < -0.4 is 0 Å². The molecule has 0 aliphatic carbocycles. The predicted octanol–water partition coefficient (Wildman–Crippen LogP) is 3.04. The van der Waals surface area contributed by atoms with Crippen molar-refractivity contribution in [3.8, 4) is 0 Å². The van der Waals surface area contributed by atoms with Gasteiger partial charge in [-0.25, -0.2) is 4.39 Å². The minimum atomic E-state index is -0.347. The molecule has 0 fully saturated rings. The van der Waals surface area contributed by atoms with Crippen molar-refractivity contribution in [1.82, 2.24) is 10.2 Å². The van der Waals surface area contributed by atoms with Gasteiger partial charge in [-0.05, 0) is 30.0 Å². The lowest BCUT2D eigenvalue weighted by Crippen LogP contribution is -1.89. The minimum Gasteiger partial charge on any atom is -0.392 e. The number of hydrogen-bond donors (Lipinski definition) is 1. The van der Waals surface area contributed by atoms with E-state index in [9.17, 15) is 4.39 Å². The Kier molecular flexibility index (Phi) is 4.38. The van der Waals surface area contributed by atoms with Gasteiger partial charge in [-0.3, -0.25) is 0 Å². The second kappa shape index (κ2) is 5.81. The Morgan fingerprint density at radius 3 is 2.76 bits per heavy atom. The first-order valence-electron chi connectivity index (χ1n) is 4.67. The summed E-state index contributed by atoms with van der Waals surface area (Å²) in [6.45, 7) is -0.186. The smallest absolute Gasteiger partial charge is 0.179 e. The number of aromatic nitrogens is 2. The van der Waals surface area contributed by atoms with E-state index in [2.05, 4.69) is 10.2 Å². The fourth-order valence-electron chi connectivity index (χ4n) is 1.19. The van der Waals surface area contributed by atoms with Crippen molar-refractivity contribution in [2.24, 2.45) is 0 Å². The van der Waals surface area contributed by atoms with E-state index < -0.39 is 0 Å². The molecule has 1 heterocycles. The van der Waals surface area contributed by atoms with Gasteiger partial charge in [0.15, 0.2) is 8.68 Å². The zero-order valence-corrected chi connectivity index (χ0v) is 11.3. The van der Waals surface area contributed by atoms with E-state index in [1.807, 2.05) is 6.26 Å². The minimum absolute atomic E-state index is 0.186. The lowest BCUT2D eigenvalue weighted by Gasteiger charge is -2.04. The molecular weight excluding hydrogens is 279 g/mol. The average molecular weight is 288 g/mol. The van der Waals surface area contributed by atoms with E-state index in [4.69, 9.17) is 5.11 Å². The van der Waals surface area contributed by atoms with Crippen molar-refractivity contribution in [3.63, 3.8) is 0 Å². The van der Waals surface area contributed by atoms with E-state index >= 15 is 0 Å². The predicted molar refractivity (Wildman–Crippen MR) is 68.1 cm³/mol. The molecular formula is C10H9FN2OS3. The second-order valence-corrected chi connectivity index (χ2v) is 6.37. The third-order valence-corrected chi connectivity index (χ3v) is 5.02. The van der Waals surface area contributed by atoms with E-state index in [1.54, 1.807) is 6.07 Å². The molecule has 0 spiro atoms. The van der Waals surface area contributed by atoms with Crippen LogP contribution in [0.5, 0.6) is 0 Å². The number of benzene rings is 1. The van der Waals surface area contributed by atoms with Crippen LogP contribution in [0.15, 0.2) is 31.8 Å². The zero-order valence-electron chi connectivity index (χ0n) is 8.88. The van der Waals surface area contributed by atoms with Crippen LogP contribution in [0.25, 0.3) is 0 Å². The summed E-state index contributed by atoms with van der Waals surface area (Å²) >= 11 is 4.40. The largest absolute Gasteiger partial charge is 0.392 e. The van der Waals surface area contributed by atoms with Gasteiger partial charge in [-0.15, -0.1) is 10.2 Å². The molecule has 2 aromatic rings. The molecule has 2 rings (SSSR count). The maximum Gasteiger partial charge on any atom is 0.179 e. The Morgan fingerprint density at radius 2 is 2.12 bits per heavy atom. The molecule has 1 aromatic heterocycles. The molecule has 0 amide bonds. The maximum atomic E-state index is 13.0. The van der Waals surface area contributed by atoms with E-state index in [0.29, 0.717) is 5.56 Å². The summed E-state index contributed by atoms with van der Waals surface area (Å²) in [4.78, 5) is 0.803. The monoisotopic (exact) mass is 288 g/mol. The summed E-state index contributed by atoms with van der Waals surface area (Å²) in [5.74, 6) is -0.347. The third kappa shape index (κ3) is 3.19. The molecule has 0 radical (unpaired) electrons. The first-order valence-corrected chi connectivity index (χ1v) is 7.53. The number of rotatable bonds is 4. The summed E-state index contributed by atoms with van der Waals surface area (Å²) in [7, 11) is 0. The van der Waals surface area contributed by atoms with Gasteiger partial charge in [-0.1, -0.05) is 34.9 Å². The topological polar surface area (TPSA) is 46.0 Å². The molecule has 1 aromatic carbocycles. The Morgan fingerprint density at radius 1 is 1.35 bits per heavy atom. The van der Waals surface area contributed by atoms with Crippen LogP contribution in [-0.2, 0) is 6.61 Å². The van der Waals surface area contributed by atoms with Gasteiger partial charge in [-0.2, -0.15) is 0 Å². The highest BCUT2D eigenvalue weighted by Crippen LogP contribution is 2.34. The second-order valence-electron chi connectivity index (χ2n) is 3.05. The number of aliphatic hydroxyl groups is 1. The van der Waals surface area contributed by atoms with Gasteiger partial charge < -0.3 is 5.11 Å². The highest BCUT2D eigenvalue weighted by atomic mass is 32.2. The number of thioether (sulfide) groups is 1. The normalized spacial score (nSPS) is 10.8.